The van der Waals surface area contributed by atoms with Gasteiger partial charge in [0.25, 0.3) is 0 Å². The molecule has 186 valence electrons. The molecule has 3 aromatic carbocycles. The van der Waals surface area contributed by atoms with Gasteiger partial charge in [-0.05, 0) is 60.6 Å². The van der Waals surface area contributed by atoms with Crippen LogP contribution in [0.3, 0.4) is 0 Å². The van der Waals surface area contributed by atoms with Crippen LogP contribution in [0.2, 0.25) is 5.02 Å². The first-order valence-corrected chi connectivity index (χ1v) is 11.6. The zero-order valence-electron chi connectivity index (χ0n) is 18.6. The van der Waals surface area contributed by atoms with Gasteiger partial charge in [0.05, 0.1) is 17.0 Å². The summed E-state index contributed by atoms with van der Waals surface area (Å²) in [7, 11) is 0. The Morgan fingerprint density at radius 3 is 2.42 bits per heavy atom. The van der Waals surface area contributed by atoms with Crippen molar-refractivity contribution in [1.29, 1.82) is 5.41 Å². The van der Waals surface area contributed by atoms with Gasteiger partial charge >= 0.3 is 6.36 Å². The maximum absolute atomic E-state index is 12.2. The Bertz CT molecular complexity index is 1270. The van der Waals surface area contributed by atoms with Crippen molar-refractivity contribution in [3.05, 3.63) is 88.9 Å². The van der Waals surface area contributed by atoms with Crippen LogP contribution in [0, 0.1) is 5.41 Å². The highest BCUT2D eigenvalue weighted by Crippen LogP contribution is 2.41. The largest absolute Gasteiger partial charge is 0.573 e. The van der Waals surface area contributed by atoms with Crippen molar-refractivity contribution in [3.8, 4) is 5.75 Å². The van der Waals surface area contributed by atoms with E-state index in [4.69, 9.17) is 29.2 Å². The standard InChI is InChI=1S/C25H21ClF3N5OS/c26-20-3-1-2-4-21(20)33-24(36)34-22-13-19(22)15-5-7-16(8-6-15)23(30)32-14-31-17-9-11-18(12-10-17)35-25(27,28)29/h1-12,14,19,22H,13H2,(H2,30,31,32)(H2,33,34,36). The van der Waals surface area contributed by atoms with Crippen molar-refractivity contribution in [1.82, 2.24) is 5.32 Å². The van der Waals surface area contributed by atoms with Gasteiger partial charge in [0.2, 0.25) is 0 Å². The van der Waals surface area contributed by atoms with Gasteiger partial charge in [0, 0.05) is 23.2 Å². The van der Waals surface area contributed by atoms with E-state index in [0.29, 0.717) is 27.3 Å². The number of nitrogens with zero attached hydrogens (tertiary/aromatic N) is 1. The molecule has 3 aromatic rings. The lowest BCUT2D eigenvalue weighted by atomic mass is 10.1. The predicted molar refractivity (Wildman–Crippen MR) is 140 cm³/mol. The highest BCUT2D eigenvalue weighted by atomic mass is 35.5. The molecule has 0 aromatic heterocycles. The van der Waals surface area contributed by atoms with Gasteiger partial charge in [-0.2, -0.15) is 0 Å². The van der Waals surface area contributed by atoms with Gasteiger partial charge in [0.15, 0.2) is 10.9 Å². The molecule has 4 rings (SSSR count). The molecule has 1 aliphatic rings. The van der Waals surface area contributed by atoms with Gasteiger partial charge < -0.3 is 20.7 Å². The quantitative estimate of drug-likeness (QED) is 0.158. The van der Waals surface area contributed by atoms with E-state index in [1.807, 2.05) is 42.5 Å². The summed E-state index contributed by atoms with van der Waals surface area (Å²) < 4.78 is 40.5. The third-order valence-corrected chi connectivity index (χ3v) is 5.90. The number of alkyl halides is 3. The number of hydrogen-bond donors (Lipinski definition) is 4. The van der Waals surface area contributed by atoms with Crippen molar-refractivity contribution in [2.75, 3.05) is 10.6 Å². The number of para-hydroxylation sites is 1. The highest BCUT2D eigenvalue weighted by molar-refractivity contribution is 7.80. The lowest BCUT2D eigenvalue weighted by Gasteiger charge is -2.11. The molecule has 2 atom stereocenters. The van der Waals surface area contributed by atoms with E-state index in [-0.39, 0.29) is 17.6 Å². The van der Waals surface area contributed by atoms with E-state index in [1.165, 1.54) is 30.6 Å². The zero-order chi connectivity index (χ0) is 25.7. The number of amidine groups is 1. The summed E-state index contributed by atoms with van der Waals surface area (Å²) in [5, 5.41) is 18.5. The molecule has 2 unspecified atom stereocenters. The fourth-order valence-electron chi connectivity index (χ4n) is 3.50. The fraction of sp³-hybridized carbons (Fsp3) is 0.160. The van der Waals surface area contributed by atoms with Crippen LogP contribution in [0.15, 0.2) is 77.8 Å². The number of benzene rings is 3. The second-order valence-corrected chi connectivity index (χ2v) is 8.79. The van der Waals surface area contributed by atoms with Crippen LogP contribution < -0.4 is 20.7 Å². The van der Waals surface area contributed by atoms with Crippen LogP contribution in [-0.4, -0.2) is 29.7 Å². The molecule has 1 fully saturated rings. The molecular formula is C25H21ClF3N5OS. The maximum Gasteiger partial charge on any atom is 0.573 e. The average Bonchev–Trinajstić information content (AvgIpc) is 3.59. The summed E-state index contributed by atoms with van der Waals surface area (Å²) in [6.45, 7) is 0. The first-order valence-electron chi connectivity index (χ1n) is 10.8. The first-order chi connectivity index (χ1) is 17.2. The molecule has 0 saturated heterocycles. The third-order valence-electron chi connectivity index (χ3n) is 5.35. The van der Waals surface area contributed by atoms with E-state index in [1.54, 1.807) is 6.07 Å². The molecule has 0 amide bonds. The molecule has 0 spiro atoms. The highest BCUT2D eigenvalue weighted by Gasteiger charge is 2.38. The number of anilines is 2. The summed E-state index contributed by atoms with van der Waals surface area (Å²) in [5.74, 6) is 0.0416. The lowest BCUT2D eigenvalue weighted by Crippen LogP contribution is -2.31. The van der Waals surface area contributed by atoms with E-state index >= 15 is 0 Å². The Balaban J connectivity index is 1.24. The predicted octanol–water partition coefficient (Wildman–Crippen LogP) is 6.55. The summed E-state index contributed by atoms with van der Waals surface area (Å²) in [6.07, 6.45) is -2.49. The molecule has 1 saturated carbocycles. The fourth-order valence-corrected chi connectivity index (χ4v) is 3.94. The average molecular weight is 532 g/mol. The number of hydrogen-bond acceptors (Lipinski definition) is 3. The van der Waals surface area contributed by atoms with Crippen molar-refractivity contribution < 1.29 is 17.9 Å². The topological polar surface area (TPSA) is 81.5 Å². The van der Waals surface area contributed by atoms with Crippen molar-refractivity contribution in [3.63, 3.8) is 0 Å². The van der Waals surface area contributed by atoms with Crippen LogP contribution in [-0.2, 0) is 0 Å². The molecular weight excluding hydrogens is 511 g/mol. The van der Waals surface area contributed by atoms with Crippen LogP contribution >= 0.6 is 23.8 Å². The summed E-state index contributed by atoms with van der Waals surface area (Å²) >= 11 is 11.5. The molecule has 0 aliphatic heterocycles. The van der Waals surface area contributed by atoms with Crippen LogP contribution in [0.4, 0.5) is 24.5 Å². The zero-order valence-corrected chi connectivity index (χ0v) is 20.2. The normalized spacial score (nSPS) is 16.9. The Morgan fingerprint density at radius 2 is 1.75 bits per heavy atom. The SMILES string of the molecule is N=C(/N=C\Nc1ccc(OC(F)(F)F)cc1)c1ccc(C2CC2NC(=S)Nc2ccccc2Cl)cc1. The van der Waals surface area contributed by atoms with Gasteiger partial charge in [-0.3, -0.25) is 5.41 Å². The van der Waals surface area contributed by atoms with Gasteiger partial charge in [0.1, 0.15) is 5.75 Å². The maximum atomic E-state index is 12.2. The number of aliphatic imine (C=N–C) groups is 1. The second kappa shape index (κ2) is 11.0. The minimum absolute atomic E-state index is 0.0432. The smallest absolute Gasteiger partial charge is 0.406 e. The van der Waals surface area contributed by atoms with Crippen LogP contribution in [0.1, 0.15) is 23.5 Å². The van der Waals surface area contributed by atoms with E-state index in [2.05, 4.69) is 25.7 Å². The van der Waals surface area contributed by atoms with Crippen molar-refractivity contribution in [2.24, 2.45) is 4.99 Å². The van der Waals surface area contributed by atoms with E-state index in [9.17, 15) is 13.2 Å². The Morgan fingerprint density at radius 1 is 1.06 bits per heavy atom. The first kappa shape index (κ1) is 25.5. The van der Waals surface area contributed by atoms with Crippen molar-refractivity contribution >= 4 is 52.5 Å². The second-order valence-electron chi connectivity index (χ2n) is 7.97. The van der Waals surface area contributed by atoms with E-state index < -0.39 is 6.36 Å². The summed E-state index contributed by atoms with van der Waals surface area (Å²) in [4.78, 5) is 4.05. The van der Waals surface area contributed by atoms with Gasteiger partial charge in [-0.25, -0.2) is 4.99 Å². The number of thiocarbonyl (C=S) groups is 1. The number of nitrogens with one attached hydrogen (secondary N) is 4. The summed E-state index contributed by atoms with van der Waals surface area (Å²) in [6, 6.07) is 20.4. The summed E-state index contributed by atoms with van der Waals surface area (Å²) in [5.41, 5.74) is 3.02. The monoisotopic (exact) mass is 531 g/mol. The van der Waals surface area contributed by atoms with Gasteiger partial charge in [-0.1, -0.05) is 48.0 Å². The number of rotatable bonds is 7. The van der Waals surface area contributed by atoms with Crippen LogP contribution in [0.5, 0.6) is 5.75 Å². The molecule has 1 aliphatic carbocycles. The minimum atomic E-state index is -4.74. The number of halogens is 4. The Kier molecular flexibility index (Phi) is 7.76. The minimum Gasteiger partial charge on any atom is -0.406 e. The molecule has 0 radical (unpaired) electrons. The van der Waals surface area contributed by atoms with E-state index in [0.717, 1.165) is 17.7 Å². The molecule has 4 N–H and O–H groups in total. The number of ether oxygens (including phenoxy) is 1. The lowest BCUT2D eigenvalue weighted by molar-refractivity contribution is -0.274. The molecule has 36 heavy (non-hydrogen) atoms. The van der Waals surface area contributed by atoms with Crippen molar-refractivity contribution in [2.45, 2.75) is 24.7 Å². The third kappa shape index (κ3) is 7.19. The van der Waals surface area contributed by atoms with Gasteiger partial charge in [-0.15, -0.1) is 13.2 Å². The molecule has 0 bridgehead atoms. The molecule has 0 heterocycles. The molecule has 11 heteroatoms. The van der Waals surface area contributed by atoms with Crippen LogP contribution in [0.25, 0.3) is 0 Å². The Hall–Kier alpha value is -3.63. The Labute approximate surface area is 216 Å². The molecule has 6 nitrogen and oxygen atoms in total.